The average molecular weight is 209 g/mol. The molecule has 1 heterocycles. The lowest BCUT2D eigenvalue weighted by Crippen LogP contribution is -2.36. The van der Waals surface area contributed by atoms with Crippen molar-refractivity contribution < 1.29 is 0 Å². The first-order valence-electron chi connectivity index (χ1n) is 7.21. The van der Waals surface area contributed by atoms with Crippen molar-refractivity contribution in [3.63, 3.8) is 0 Å². The molecule has 0 aromatic carbocycles. The summed E-state index contributed by atoms with van der Waals surface area (Å²) in [6.07, 6.45) is 16.3. The second-order valence-corrected chi connectivity index (χ2v) is 5.45. The maximum absolute atomic E-state index is 2.82. The van der Waals surface area contributed by atoms with Crippen LogP contribution in [0, 0.1) is 0 Å². The van der Waals surface area contributed by atoms with Gasteiger partial charge in [-0.2, -0.15) is 0 Å². The molecule has 0 aromatic rings. The van der Waals surface area contributed by atoms with Gasteiger partial charge >= 0.3 is 0 Å². The summed E-state index contributed by atoms with van der Waals surface area (Å²) in [6.45, 7) is 2.79. The minimum atomic E-state index is 0.948. The van der Waals surface area contributed by atoms with Crippen molar-refractivity contribution in [1.82, 2.24) is 4.90 Å². The van der Waals surface area contributed by atoms with Gasteiger partial charge in [0, 0.05) is 6.04 Å². The van der Waals surface area contributed by atoms with Gasteiger partial charge in [-0.05, 0) is 38.8 Å². The fraction of sp³-hybridized carbons (Fsp3) is 1.00. The Labute approximate surface area is 95.2 Å². The molecule has 0 atom stereocenters. The highest BCUT2D eigenvalue weighted by atomic mass is 15.1. The normalized spacial score (nSPS) is 28.0. The van der Waals surface area contributed by atoms with Crippen molar-refractivity contribution in [1.29, 1.82) is 0 Å². The van der Waals surface area contributed by atoms with Crippen LogP contribution in [0.25, 0.3) is 0 Å². The second kappa shape index (κ2) is 6.52. The van der Waals surface area contributed by atoms with Crippen LogP contribution < -0.4 is 0 Å². The smallest absolute Gasteiger partial charge is 0.00952 e. The average Bonchev–Trinajstić information content (AvgIpc) is 2.45. The van der Waals surface area contributed by atoms with E-state index in [1.54, 1.807) is 0 Å². The van der Waals surface area contributed by atoms with Gasteiger partial charge in [0.1, 0.15) is 0 Å². The molecular weight excluding hydrogens is 182 g/mol. The lowest BCUT2D eigenvalue weighted by Gasteiger charge is -2.32. The molecule has 1 nitrogen and oxygen atoms in total. The molecule has 1 saturated heterocycles. The highest BCUT2D eigenvalue weighted by molar-refractivity contribution is 4.75. The van der Waals surface area contributed by atoms with Crippen LogP contribution in [0.5, 0.6) is 0 Å². The van der Waals surface area contributed by atoms with Gasteiger partial charge in [-0.3, -0.25) is 0 Å². The van der Waals surface area contributed by atoms with Gasteiger partial charge in [-0.25, -0.2) is 0 Å². The lowest BCUT2D eigenvalue weighted by molar-refractivity contribution is 0.171. The topological polar surface area (TPSA) is 3.24 Å². The van der Waals surface area contributed by atoms with E-state index in [4.69, 9.17) is 0 Å². The lowest BCUT2D eigenvalue weighted by atomic mass is 9.95. The van der Waals surface area contributed by atoms with Crippen LogP contribution in [-0.4, -0.2) is 24.0 Å². The largest absolute Gasteiger partial charge is 0.300 e. The molecule has 2 fully saturated rings. The Hall–Kier alpha value is -0.0400. The molecule has 0 amide bonds. The molecule has 1 aliphatic carbocycles. The van der Waals surface area contributed by atoms with Gasteiger partial charge in [-0.15, -0.1) is 0 Å². The monoisotopic (exact) mass is 209 g/mol. The van der Waals surface area contributed by atoms with Crippen LogP contribution in [0.1, 0.15) is 70.6 Å². The van der Waals surface area contributed by atoms with E-state index in [-0.39, 0.29) is 0 Å². The Morgan fingerprint density at radius 2 is 1.00 bits per heavy atom. The van der Waals surface area contributed by atoms with Crippen LogP contribution in [-0.2, 0) is 0 Å². The first kappa shape index (κ1) is 11.4. The van der Waals surface area contributed by atoms with Crippen molar-refractivity contribution in [2.75, 3.05) is 13.1 Å². The van der Waals surface area contributed by atoms with Gasteiger partial charge in [0.15, 0.2) is 0 Å². The summed E-state index contributed by atoms with van der Waals surface area (Å²) in [5, 5.41) is 0. The van der Waals surface area contributed by atoms with E-state index in [1.165, 1.54) is 83.7 Å². The zero-order valence-corrected chi connectivity index (χ0v) is 10.2. The highest BCUT2D eigenvalue weighted by Gasteiger charge is 2.19. The summed E-state index contributed by atoms with van der Waals surface area (Å²) in [6, 6.07) is 0.948. The van der Waals surface area contributed by atoms with Crippen LogP contribution in [0.4, 0.5) is 0 Å². The van der Waals surface area contributed by atoms with Crippen molar-refractivity contribution >= 4 is 0 Å². The summed E-state index contributed by atoms with van der Waals surface area (Å²) in [5.74, 6) is 0. The zero-order valence-electron chi connectivity index (χ0n) is 10.2. The van der Waals surface area contributed by atoms with Crippen molar-refractivity contribution in [3.05, 3.63) is 0 Å². The number of hydrogen-bond donors (Lipinski definition) is 0. The third-order valence-corrected chi connectivity index (χ3v) is 4.23. The standard InChI is InChI=1S/C14H27N/c1-2-6-10-14(11-7-3-1)15-12-8-4-5-9-13-15/h14H,1-13H2. The zero-order chi connectivity index (χ0) is 10.3. The Morgan fingerprint density at radius 3 is 1.60 bits per heavy atom. The first-order valence-corrected chi connectivity index (χ1v) is 7.21. The van der Waals surface area contributed by atoms with Gasteiger partial charge in [0.25, 0.3) is 0 Å². The SMILES string of the molecule is C1CCCC(N2CCCCCC2)CCC1. The van der Waals surface area contributed by atoms with Gasteiger partial charge in [0.2, 0.25) is 0 Å². The quantitative estimate of drug-likeness (QED) is 0.631. The predicted octanol–water partition coefficient (Wildman–Crippen LogP) is 3.98. The molecule has 1 saturated carbocycles. The molecule has 88 valence electrons. The molecule has 0 unspecified atom stereocenters. The fourth-order valence-electron chi connectivity index (χ4n) is 3.26. The summed E-state index contributed by atoms with van der Waals surface area (Å²) >= 11 is 0. The Balaban J connectivity index is 1.82. The van der Waals surface area contributed by atoms with E-state index in [1.807, 2.05) is 0 Å². The summed E-state index contributed by atoms with van der Waals surface area (Å²) in [7, 11) is 0. The molecule has 2 rings (SSSR count). The van der Waals surface area contributed by atoms with Crippen LogP contribution in [0.15, 0.2) is 0 Å². The second-order valence-electron chi connectivity index (χ2n) is 5.45. The molecule has 1 aliphatic heterocycles. The van der Waals surface area contributed by atoms with E-state index < -0.39 is 0 Å². The summed E-state index contributed by atoms with van der Waals surface area (Å²) in [4.78, 5) is 2.82. The maximum Gasteiger partial charge on any atom is 0.00952 e. The first-order chi connectivity index (χ1) is 7.47. The third-order valence-electron chi connectivity index (χ3n) is 4.23. The minimum absolute atomic E-state index is 0.948. The molecule has 2 aliphatic rings. The Kier molecular flexibility index (Phi) is 4.98. The molecule has 0 spiro atoms. The fourth-order valence-corrected chi connectivity index (χ4v) is 3.26. The van der Waals surface area contributed by atoms with Crippen molar-refractivity contribution in [2.45, 2.75) is 76.7 Å². The van der Waals surface area contributed by atoms with Crippen LogP contribution >= 0.6 is 0 Å². The van der Waals surface area contributed by atoms with E-state index in [0.29, 0.717) is 0 Å². The summed E-state index contributed by atoms with van der Waals surface area (Å²) in [5.41, 5.74) is 0. The van der Waals surface area contributed by atoms with E-state index in [0.717, 1.165) is 6.04 Å². The van der Waals surface area contributed by atoms with Gasteiger partial charge < -0.3 is 4.90 Å². The Bertz CT molecular complexity index is 151. The molecule has 0 bridgehead atoms. The van der Waals surface area contributed by atoms with Crippen LogP contribution in [0.3, 0.4) is 0 Å². The summed E-state index contributed by atoms with van der Waals surface area (Å²) < 4.78 is 0. The molecule has 0 N–H and O–H groups in total. The Morgan fingerprint density at radius 1 is 0.533 bits per heavy atom. The number of hydrogen-bond acceptors (Lipinski definition) is 1. The molecule has 15 heavy (non-hydrogen) atoms. The molecule has 1 heteroatoms. The van der Waals surface area contributed by atoms with Gasteiger partial charge in [-0.1, -0.05) is 44.9 Å². The van der Waals surface area contributed by atoms with Crippen molar-refractivity contribution in [3.8, 4) is 0 Å². The third kappa shape index (κ3) is 3.79. The van der Waals surface area contributed by atoms with Gasteiger partial charge in [0.05, 0.1) is 0 Å². The molecule has 0 aromatic heterocycles. The number of nitrogens with zero attached hydrogens (tertiary/aromatic N) is 1. The highest BCUT2D eigenvalue weighted by Crippen LogP contribution is 2.23. The van der Waals surface area contributed by atoms with E-state index in [2.05, 4.69) is 4.90 Å². The van der Waals surface area contributed by atoms with Crippen molar-refractivity contribution in [2.24, 2.45) is 0 Å². The molecule has 0 radical (unpaired) electrons. The number of rotatable bonds is 1. The van der Waals surface area contributed by atoms with Crippen LogP contribution in [0.2, 0.25) is 0 Å². The number of likely N-dealkylation sites (tertiary alicyclic amines) is 1. The minimum Gasteiger partial charge on any atom is -0.300 e. The maximum atomic E-state index is 2.82. The van der Waals surface area contributed by atoms with E-state index in [9.17, 15) is 0 Å². The molecular formula is C14H27N. The predicted molar refractivity (Wildman–Crippen MR) is 66.1 cm³/mol. The van der Waals surface area contributed by atoms with E-state index >= 15 is 0 Å².